The maximum atomic E-state index is 12.4. The Balaban J connectivity index is 1.07. The molecule has 35 heavy (non-hydrogen) atoms. The van der Waals surface area contributed by atoms with Crippen molar-refractivity contribution < 1.29 is 9.53 Å². The molecule has 6 rings (SSSR count). The van der Waals surface area contributed by atoms with Crippen molar-refractivity contribution in [3.8, 4) is 11.1 Å². The Morgan fingerprint density at radius 2 is 1.40 bits per heavy atom. The molecule has 1 fully saturated rings. The van der Waals surface area contributed by atoms with Gasteiger partial charge in [-0.15, -0.1) is 0 Å². The van der Waals surface area contributed by atoms with Crippen LogP contribution in [0, 0.1) is 0 Å². The second-order valence-electron chi connectivity index (χ2n) is 9.05. The van der Waals surface area contributed by atoms with Gasteiger partial charge in [0.05, 0.1) is 0 Å². The van der Waals surface area contributed by atoms with Gasteiger partial charge in [-0.2, -0.15) is 0 Å². The molecule has 0 heterocycles. The third-order valence-electron chi connectivity index (χ3n) is 6.84. The van der Waals surface area contributed by atoms with Gasteiger partial charge in [-0.1, -0.05) is 78.9 Å². The van der Waals surface area contributed by atoms with Crippen molar-refractivity contribution in [3.63, 3.8) is 0 Å². The van der Waals surface area contributed by atoms with E-state index in [1.165, 1.54) is 46.0 Å². The molecule has 0 spiro atoms. The summed E-state index contributed by atoms with van der Waals surface area (Å²) in [7, 11) is 0. The van der Waals surface area contributed by atoms with Crippen molar-refractivity contribution in [2.45, 2.75) is 24.7 Å². The molecule has 174 valence electrons. The van der Waals surface area contributed by atoms with Gasteiger partial charge in [0.25, 0.3) is 0 Å². The third kappa shape index (κ3) is 4.21. The standard InChI is InChI=1S/C29H25N3O2S/c33-29(34-17-26-23-10-3-1-8-21(23)22-9-2-4-11-24(22)26)32-31-28(35)30-27-16-15-19(18-13-14-18)20-7-5-6-12-25(20)27/h1-12,15-16,18,26H,13-14,17H2,(H,32,33)(H2,30,31,35). The van der Waals surface area contributed by atoms with Gasteiger partial charge >= 0.3 is 6.09 Å². The Bertz CT molecular complexity index is 1400. The Morgan fingerprint density at radius 3 is 2.09 bits per heavy atom. The van der Waals surface area contributed by atoms with Gasteiger partial charge in [-0.05, 0) is 70.2 Å². The van der Waals surface area contributed by atoms with Crippen molar-refractivity contribution in [2.24, 2.45) is 0 Å². The number of benzene rings is 4. The summed E-state index contributed by atoms with van der Waals surface area (Å²) in [5, 5.41) is 5.85. The number of hydrogen-bond acceptors (Lipinski definition) is 3. The molecule has 0 aromatic heterocycles. The Labute approximate surface area is 209 Å². The van der Waals surface area contributed by atoms with E-state index in [1.807, 2.05) is 30.3 Å². The highest BCUT2D eigenvalue weighted by Crippen LogP contribution is 2.45. The van der Waals surface area contributed by atoms with Gasteiger partial charge < -0.3 is 10.1 Å². The highest BCUT2D eigenvalue weighted by molar-refractivity contribution is 7.80. The number of nitrogens with one attached hydrogen (secondary N) is 3. The van der Waals surface area contributed by atoms with Crippen LogP contribution < -0.4 is 16.2 Å². The molecule has 2 aliphatic carbocycles. The van der Waals surface area contributed by atoms with Gasteiger partial charge in [-0.25, -0.2) is 10.2 Å². The molecule has 4 aromatic carbocycles. The summed E-state index contributed by atoms with van der Waals surface area (Å²) in [6, 6.07) is 29.1. The van der Waals surface area contributed by atoms with Crippen LogP contribution in [0.15, 0.2) is 84.9 Å². The van der Waals surface area contributed by atoms with E-state index in [0.717, 1.165) is 11.1 Å². The molecule has 0 bridgehead atoms. The summed E-state index contributed by atoms with van der Waals surface area (Å²) in [5.74, 6) is 0.670. The van der Waals surface area contributed by atoms with Gasteiger partial charge in [0.15, 0.2) is 5.11 Å². The number of ether oxygens (including phenoxy) is 1. The predicted molar refractivity (Wildman–Crippen MR) is 143 cm³/mol. The number of thiocarbonyl (C=S) groups is 1. The predicted octanol–water partition coefficient (Wildman–Crippen LogP) is 6.46. The lowest BCUT2D eigenvalue weighted by atomic mass is 9.98. The minimum atomic E-state index is -0.579. The van der Waals surface area contributed by atoms with Crippen LogP contribution in [0.25, 0.3) is 21.9 Å². The van der Waals surface area contributed by atoms with E-state index >= 15 is 0 Å². The van der Waals surface area contributed by atoms with E-state index in [-0.39, 0.29) is 12.5 Å². The molecule has 5 nitrogen and oxygen atoms in total. The van der Waals surface area contributed by atoms with E-state index < -0.39 is 6.09 Å². The lowest BCUT2D eigenvalue weighted by Gasteiger charge is -2.16. The van der Waals surface area contributed by atoms with E-state index in [2.05, 4.69) is 70.8 Å². The first-order valence-electron chi connectivity index (χ1n) is 11.9. The van der Waals surface area contributed by atoms with Crippen LogP contribution in [-0.4, -0.2) is 17.8 Å². The summed E-state index contributed by atoms with van der Waals surface area (Å²) in [5.41, 5.74) is 12.3. The maximum absolute atomic E-state index is 12.4. The first kappa shape index (κ1) is 21.6. The van der Waals surface area contributed by atoms with E-state index in [0.29, 0.717) is 11.0 Å². The fourth-order valence-electron chi connectivity index (χ4n) is 5.08. The molecule has 6 heteroatoms. The van der Waals surface area contributed by atoms with E-state index in [1.54, 1.807) is 0 Å². The Kier molecular flexibility index (Phi) is 5.58. The molecule has 0 unspecified atom stereocenters. The normalized spacial score (nSPS) is 14.2. The summed E-state index contributed by atoms with van der Waals surface area (Å²) < 4.78 is 5.56. The number of fused-ring (bicyclic) bond motifs is 4. The molecule has 3 N–H and O–H groups in total. The minimum absolute atomic E-state index is 0.00886. The molecule has 0 radical (unpaired) electrons. The molecule has 1 saturated carbocycles. The van der Waals surface area contributed by atoms with Crippen molar-refractivity contribution in [2.75, 3.05) is 11.9 Å². The molecule has 1 amide bonds. The zero-order chi connectivity index (χ0) is 23.8. The first-order valence-corrected chi connectivity index (χ1v) is 12.3. The number of hydrogen-bond donors (Lipinski definition) is 3. The monoisotopic (exact) mass is 479 g/mol. The van der Waals surface area contributed by atoms with Gasteiger partial charge in [0, 0.05) is 17.0 Å². The summed E-state index contributed by atoms with van der Waals surface area (Å²) in [6.45, 7) is 0.245. The minimum Gasteiger partial charge on any atom is -0.447 e. The smallest absolute Gasteiger partial charge is 0.426 e. The summed E-state index contributed by atoms with van der Waals surface area (Å²) in [4.78, 5) is 12.4. The first-order chi connectivity index (χ1) is 17.2. The Hall–Kier alpha value is -3.90. The molecular weight excluding hydrogens is 454 g/mol. The van der Waals surface area contributed by atoms with E-state index in [4.69, 9.17) is 17.0 Å². The van der Waals surface area contributed by atoms with Crippen LogP contribution in [-0.2, 0) is 4.74 Å². The van der Waals surface area contributed by atoms with Crippen LogP contribution in [0.1, 0.15) is 41.4 Å². The number of carbonyl (C=O) groups excluding carboxylic acids is 1. The lowest BCUT2D eigenvalue weighted by molar-refractivity contribution is 0.141. The molecule has 0 atom stereocenters. The lowest BCUT2D eigenvalue weighted by Crippen LogP contribution is -2.44. The summed E-state index contributed by atoms with van der Waals surface area (Å²) >= 11 is 5.42. The van der Waals surface area contributed by atoms with Crippen molar-refractivity contribution in [1.29, 1.82) is 0 Å². The quantitative estimate of drug-likeness (QED) is 0.232. The second-order valence-corrected chi connectivity index (χ2v) is 9.46. The summed E-state index contributed by atoms with van der Waals surface area (Å²) in [6.07, 6.45) is 1.92. The largest absolute Gasteiger partial charge is 0.447 e. The second kappa shape index (κ2) is 9.04. The van der Waals surface area contributed by atoms with Crippen molar-refractivity contribution in [1.82, 2.24) is 10.9 Å². The molecule has 0 aliphatic heterocycles. The highest BCUT2D eigenvalue weighted by atomic mass is 32.1. The van der Waals surface area contributed by atoms with Crippen LogP contribution in [0.2, 0.25) is 0 Å². The average Bonchev–Trinajstić information content (AvgIpc) is 3.69. The number of rotatable bonds is 4. The van der Waals surface area contributed by atoms with Gasteiger partial charge in [0.2, 0.25) is 0 Å². The maximum Gasteiger partial charge on any atom is 0.426 e. The van der Waals surface area contributed by atoms with Crippen molar-refractivity contribution >= 4 is 39.9 Å². The average molecular weight is 480 g/mol. The topological polar surface area (TPSA) is 62.4 Å². The third-order valence-corrected chi connectivity index (χ3v) is 7.05. The Morgan fingerprint density at radius 1 is 0.771 bits per heavy atom. The number of amides is 1. The van der Waals surface area contributed by atoms with Crippen LogP contribution in [0.3, 0.4) is 0 Å². The number of hydrazine groups is 1. The number of anilines is 1. The zero-order valence-corrected chi connectivity index (χ0v) is 19.9. The van der Waals surface area contributed by atoms with Gasteiger partial charge in [0.1, 0.15) is 6.61 Å². The fourth-order valence-corrected chi connectivity index (χ4v) is 5.24. The fraction of sp³-hybridized carbons (Fsp3) is 0.172. The van der Waals surface area contributed by atoms with Crippen LogP contribution >= 0.6 is 12.2 Å². The highest BCUT2D eigenvalue weighted by Gasteiger charge is 2.29. The molecule has 4 aromatic rings. The van der Waals surface area contributed by atoms with Crippen LogP contribution in [0.5, 0.6) is 0 Å². The number of carbonyl (C=O) groups is 1. The van der Waals surface area contributed by atoms with Crippen LogP contribution in [0.4, 0.5) is 10.5 Å². The van der Waals surface area contributed by atoms with Gasteiger partial charge in [-0.3, -0.25) is 5.43 Å². The zero-order valence-electron chi connectivity index (χ0n) is 19.1. The van der Waals surface area contributed by atoms with Crippen molar-refractivity contribution in [3.05, 3.63) is 102 Å². The van der Waals surface area contributed by atoms with E-state index in [9.17, 15) is 4.79 Å². The SMILES string of the molecule is O=C(NNC(=S)Nc1ccc(C2CC2)c2ccccc12)OCC1c2ccccc2-c2ccccc21. The molecule has 2 aliphatic rings. The molecule has 0 saturated heterocycles. The molecular formula is C29H25N3O2S.